The number of halogens is 3. The molecular formula is C24H15Cl2FN4O2. The summed E-state index contributed by atoms with van der Waals surface area (Å²) in [6.07, 6.45) is 3.22. The Hall–Kier alpha value is -3.68. The highest BCUT2D eigenvalue weighted by molar-refractivity contribution is 6.32. The van der Waals surface area contributed by atoms with Crippen molar-refractivity contribution in [2.75, 3.05) is 0 Å². The summed E-state index contributed by atoms with van der Waals surface area (Å²) >= 11 is 12.3. The van der Waals surface area contributed by atoms with Crippen molar-refractivity contribution < 1.29 is 4.39 Å². The standard InChI is InChI=1S/C24H15Cl2FN4O2/c25-16-7-1-2-9-19(16)31-24(33)21-18(29-31)11-20(32)30(13-14-5-4-10-28-12-14)23(21)15-6-3-8-17(26)22(15)27/h1-12,29H,13H2. The van der Waals surface area contributed by atoms with E-state index in [4.69, 9.17) is 23.2 Å². The average Bonchev–Trinajstić information content (AvgIpc) is 3.13. The zero-order valence-electron chi connectivity index (χ0n) is 16.9. The number of nitrogens with one attached hydrogen (secondary N) is 1. The Morgan fingerprint density at radius 3 is 2.52 bits per heavy atom. The maximum atomic E-state index is 15.2. The molecule has 0 saturated carbocycles. The third-order valence-corrected chi connectivity index (χ3v) is 5.93. The predicted molar refractivity (Wildman–Crippen MR) is 127 cm³/mol. The van der Waals surface area contributed by atoms with Gasteiger partial charge in [-0.25, -0.2) is 9.07 Å². The minimum Gasteiger partial charge on any atom is -0.303 e. The Bertz CT molecular complexity index is 1620. The van der Waals surface area contributed by atoms with Crippen LogP contribution >= 0.6 is 23.2 Å². The second kappa shape index (κ2) is 8.35. The first kappa shape index (κ1) is 21.2. The number of hydrogen-bond donors (Lipinski definition) is 1. The topological polar surface area (TPSA) is 72.7 Å². The van der Waals surface area contributed by atoms with Crippen LogP contribution in [0.3, 0.4) is 0 Å². The highest BCUT2D eigenvalue weighted by atomic mass is 35.5. The molecule has 164 valence electrons. The molecule has 3 aromatic heterocycles. The SMILES string of the molecule is O=c1c2c(-c3cccc(Cl)c3F)n(Cc3cccnc3)c(=O)cc2[nH]n1-c1ccccc1Cl. The molecule has 0 aliphatic carbocycles. The van der Waals surface area contributed by atoms with Gasteiger partial charge in [0.05, 0.1) is 38.9 Å². The van der Waals surface area contributed by atoms with E-state index >= 15 is 4.39 Å². The van der Waals surface area contributed by atoms with Gasteiger partial charge in [0, 0.05) is 24.0 Å². The van der Waals surface area contributed by atoms with Crippen LogP contribution in [-0.4, -0.2) is 19.3 Å². The molecule has 0 amide bonds. The summed E-state index contributed by atoms with van der Waals surface area (Å²) in [5.74, 6) is -0.726. The molecule has 5 aromatic rings. The minimum atomic E-state index is -0.726. The lowest BCUT2D eigenvalue weighted by Crippen LogP contribution is -2.24. The van der Waals surface area contributed by atoms with E-state index in [-0.39, 0.29) is 33.7 Å². The summed E-state index contributed by atoms with van der Waals surface area (Å²) in [4.78, 5) is 30.8. The predicted octanol–water partition coefficient (Wildman–Crippen LogP) is 5.04. The molecule has 1 N–H and O–H groups in total. The number of rotatable bonds is 4. The van der Waals surface area contributed by atoms with Crippen LogP contribution in [0.5, 0.6) is 0 Å². The Balaban J connectivity index is 1.89. The van der Waals surface area contributed by atoms with Crippen LogP contribution in [-0.2, 0) is 6.54 Å². The fraction of sp³-hybridized carbons (Fsp3) is 0.0417. The molecule has 0 saturated heterocycles. The molecule has 5 rings (SSSR count). The Morgan fingerprint density at radius 1 is 0.970 bits per heavy atom. The second-order valence-corrected chi connectivity index (χ2v) is 8.19. The molecule has 9 heteroatoms. The van der Waals surface area contributed by atoms with E-state index in [2.05, 4.69) is 10.1 Å². The van der Waals surface area contributed by atoms with Gasteiger partial charge in [0.15, 0.2) is 5.82 Å². The molecule has 0 fully saturated rings. The van der Waals surface area contributed by atoms with Gasteiger partial charge in [-0.1, -0.05) is 47.5 Å². The first-order valence-corrected chi connectivity index (χ1v) is 10.7. The van der Waals surface area contributed by atoms with E-state index in [1.807, 2.05) is 0 Å². The number of para-hydroxylation sites is 1. The molecule has 0 unspecified atom stereocenters. The zero-order chi connectivity index (χ0) is 23.1. The number of benzene rings is 2. The van der Waals surface area contributed by atoms with Crippen molar-refractivity contribution in [3.8, 4) is 16.9 Å². The quantitative estimate of drug-likeness (QED) is 0.391. The third kappa shape index (κ3) is 3.65. The number of aromatic amines is 1. The Labute approximate surface area is 196 Å². The van der Waals surface area contributed by atoms with Crippen molar-refractivity contribution in [2.24, 2.45) is 0 Å². The highest BCUT2D eigenvalue weighted by Gasteiger charge is 2.23. The number of fused-ring (bicyclic) bond motifs is 1. The molecule has 2 aromatic carbocycles. The zero-order valence-corrected chi connectivity index (χ0v) is 18.4. The van der Waals surface area contributed by atoms with Gasteiger partial charge in [0.1, 0.15) is 0 Å². The number of hydrogen-bond acceptors (Lipinski definition) is 3. The van der Waals surface area contributed by atoms with Gasteiger partial charge in [-0.3, -0.25) is 19.7 Å². The maximum Gasteiger partial charge on any atom is 0.281 e. The van der Waals surface area contributed by atoms with Crippen molar-refractivity contribution in [2.45, 2.75) is 6.54 Å². The number of pyridine rings is 2. The minimum absolute atomic E-state index is 0.0384. The van der Waals surface area contributed by atoms with E-state index in [1.54, 1.807) is 54.9 Å². The second-order valence-electron chi connectivity index (χ2n) is 7.37. The van der Waals surface area contributed by atoms with Crippen LogP contribution in [0.4, 0.5) is 4.39 Å². The number of nitrogens with zero attached hydrogens (tertiary/aromatic N) is 3. The van der Waals surface area contributed by atoms with Gasteiger partial charge in [-0.05, 0) is 35.9 Å². The molecule has 0 radical (unpaired) electrons. The Kier molecular flexibility index (Phi) is 5.36. The van der Waals surface area contributed by atoms with Gasteiger partial charge < -0.3 is 4.57 Å². The normalized spacial score (nSPS) is 11.2. The molecule has 3 heterocycles. The number of aromatic nitrogens is 4. The van der Waals surface area contributed by atoms with Gasteiger partial charge in [0.25, 0.3) is 11.1 Å². The van der Waals surface area contributed by atoms with Crippen LogP contribution in [0.2, 0.25) is 10.0 Å². The van der Waals surface area contributed by atoms with E-state index in [1.165, 1.54) is 27.4 Å². The lowest BCUT2D eigenvalue weighted by molar-refractivity contribution is 0.628. The van der Waals surface area contributed by atoms with Crippen molar-refractivity contribution in [3.05, 3.63) is 115 Å². The Morgan fingerprint density at radius 2 is 1.76 bits per heavy atom. The molecule has 0 atom stereocenters. The summed E-state index contributed by atoms with van der Waals surface area (Å²) in [5.41, 5.74) is 0.626. The van der Waals surface area contributed by atoms with E-state index in [0.717, 1.165) is 0 Å². The molecular weight excluding hydrogens is 466 g/mol. The fourth-order valence-corrected chi connectivity index (χ4v) is 4.23. The number of H-pyrrole nitrogens is 1. The summed E-state index contributed by atoms with van der Waals surface area (Å²) in [6, 6.07) is 16.1. The summed E-state index contributed by atoms with van der Waals surface area (Å²) in [7, 11) is 0. The van der Waals surface area contributed by atoms with E-state index in [9.17, 15) is 9.59 Å². The molecule has 33 heavy (non-hydrogen) atoms. The maximum absolute atomic E-state index is 15.2. The van der Waals surface area contributed by atoms with Gasteiger partial charge in [-0.2, -0.15) is 0 Å². The van der Waals surface area contributed by atoms with Crippen LogP contribution < -0.4 is 11.1 Å². The lowest BCUT2D eigenvalue weighted by atomic mass is 10.1. The monoisotopic (exact) mass is 480 g/mol. The van der Waals surface area contributed by atoms with Crippen molar-refractivity contribution in [1.82, 2.24) is 19.3 Å². The molecule has 0 aliphatic heterocycles. The van der Waals surface area contributed by atoms with Gasteiger partial charge in [-0.15, -0.1) is 0 Å². The van der Waals surface area contributed by atoms with Gasteiger partial charge in [0.2, 0.25) is 0 Å². The van der Waals surface area contributed by atoms with Crippen LogP contribution in [0.25, 0.3) is 27.8 Å². The molecule has 0 aliphatic rings. The largest absolute Gasteiger partial charge is 0.303 e. The summed E-state index contributed by atoms with van der Waals surface area (Å²) < 4.78 is 17.8. The molecule has 0 bridgehead atoms. The molecule has 6 nitrogen and oxygen atoms in total. The van der Waals surface area contributed by atoms with Crippen molar-refractivity contribution in [3.63, 3.8) is 0 Å². The fourth-order valence-electron chi connectivity index (χ4n) is 3.83. The van der Waals surface area contributed by atoms with Gasteiger partial charge >= 0.3 is 0 Å². The first-order chi connectivity index (χ1) is 16.0. The highest BCUT2D eigenvalue weighted by Crippen LogP contribution is 2.31. The van der Waals surface area contributed by atoms with E-state index < -0.39 is 16.9 Å². The molecule has 0 spiro atoms. The van der Waals surface area contributed by atoms with E-state index in [0.29, 0.717) is 16.3 Å². The first-order valence-electron chi connectivity index (χ1n) is 9.92. The summed E-state index contributed by atoms with van der Waals surface area (Å²) in [5, 5.41) is 3.30. The van der Waals surface area contributed by atoms with Crippen LogP contribution in [0, 0.1) is 5.82 Å². The van der Waals surface area contributed by atoms with Crippen LogP contribution in [0.15, 0.2) is 82.6 Å². The van der Waals surface area contributed by atoms with Crippen molar-refractivity contribution in [1.29, 1.82) is 0 Å². The van der Waals surface area contributed by atoms with Crippen LogP contribution in [0.1, 0.15) is 5.56 Å². The summed E-state index contributed by atoms with van der Waals surface area (Å²) in [6.45, 7) is 0.0839. The van der Waals surface area contributed by atoms with Crippen molar-refractivity contribution >= 4 is 34.1 Å². The lowest BCUT2D eigenvalue weighted by Gasteiger charge is -2.15. The average molecular weight is 481 g/mol. The third-order valence-electron chi connectivity index (χ3n) is 5.32. The smallest absolute Gasteiger partial charge is 0.281 e.